The minimum atomic E-state index is -1.02. The number of benzene rings is 2. The molecule has 0 aliphatic carbocycles. The maximum Gasteiger partial charge on any atom is 0.315 e. The zero-order chi connectivity index (χ0) is 34.5. The number of unbranched alkanes of at least 4 members (excludes halogenated alkanes) is 1. The fourth-order valence-corrected chi connectivity index (χ4v) is 6.87. The van der Waals surface area contributed by atoms with Gasteiger partial charge in [0.25, 0.3) is 0 Å². The Balaban J connectivity index is 1.46. The second kappa shape index (κ2) is 18.6. The summed E-state index contributed by atoms with van der Waals surface area (Å²) in [6, 6.07) is 12.5. The van der Waals surface area contributed by atoms with Crippen LogP contribution < -0.4 is 31.3 Å². The Bertz CT molecular complexity index is 1500. The van der Waals surface area contributed by atoms with Crippen molar-refractivity contribution in [2.45, 2.75) is 44.2 Å². The Labute approximate surface area is 298 Å². The van der Waals surface area contributed by atoms with Crippen LogP contribution in [0.25, 0.3) is 0 Å². The van der Waals surface area contributed by atoms with Crippen molar-refractivity contribution in [3.05, 3.63) is 81.0 Å². The highest BCUT2D eigenvalue weighted by Gasteiger charge is 2.31. The number of halogens is 2. The first-order chi connectivity index (χ1) is 23.2. The summed E-state index contributed by atoms with van der Waals surface area (Å²) >= 11 is 6.69. The smallest absolute Gasteiger partial charge is 0.315 e. The van der Waals surface area contributed by atoms with E-state index in [1.807, 2.05) is 36.4 Å². The highest BCUT2D eigenvalue weighted by atomic mass is 79.9. The van der Waals surface area contributed by atoms with E-state index in [-0.39, 0.29) is 18.1 Å². The summed E-state index contributed by atoms with van der Waals surface area (Å²) in [7, 11) is 1.60. The van der Waals surface area contributed by atoms with Crippen LogP contribution in [0.4, 0.5) is 10.5 Å². The zero-order valence-electron chi connectivity index (χ0n) is 27.0. The molecule has 1 aliphatic rings. The molecule has 4 amide bonds. The van der Waals surface area contributed by atoms with Crippen molar-refractivity contribution < 1.29 is 24.2 Å². The number of nitrogens with two attached hydrogens (primary N) is 1. The van der Waals surface area contributed by atoms with Crippen molar-refractivity contribution in [2.75, 3.05) is 51.3 Å². The lowest BCUT2D eigenvalue weighted by Crippen LogP contribution is -2.58. The lowest BCUT2D eigenvalue weighted by Gasteiger charge is -2.37. The number of hydrogen-bond donors (Lipinski definition) is 5. The maximum atomic E-state index is 13.9. The third kappa shape index (κ3) is 10.6. The third-order valence-corrected chi connectivity index (χ3v) is 9.40. The normalized spacial score (nSPS) is 14.2. The van der Waals surface area contributed by atoms with Crippen molar-refractivity contribution in [3.8, 4) is 11.5 Å². The van der Waals surface area contributed by atoms with Gasteiger partial charge in [0.05, 0.1) is 16.1 Å². The van der Waals surface area contributed by atoms with Gasteiger partial charge in [-0.2, -0.15) is 0 Å². The van der Waals surface area contributed by atoms with E-state index >= 15 is 0 Å². The summed E-state index contributed by atoms with van der Waals surface area (Å²) in [5, 5.41) is 18.8. The number of ether oxygens (including phenoxy) is 1. The van der Waals surface area contributed by atoms with E-state index < -0.39 is 24.0 Å². The van der Waals surface area contributed by atoms with Gasteiger partial charge in [0.1, 0.15) is 23.6 Å². The number of rotatable bonds is 15. The number of phenols is 1. The van der Waals surface area contributed by atoms with E-state index in [0.29, 0.717) is 79.5 Å². The molecular weight excluding hydrogens is 746 g/mol. The molecule has 2 atom stereocenters. The Hall–Kier alpha value is -3.88. The van der Waals surface area contributed by atoms with Gasteiger partial charge in [-0.3, -0.25) is 14.6 Å². The minimum absolute atomic E-state index is 0.0244. The SMILES string of the molecule is COc1ccccc1CCNC(=O)N[C@@H](Cc1cc(Br)c(O)c(Br)c1)C(=O)N[C@H](CCCCN)C(=O)N1CCN(c2ccncc2)CC1. The molecule has 14 heteroatoms. The molecule has 0 unspecified atom stereocenters. The number of carbonyl (C=O) groups excluding carboxylic acids is 3. The summed E-state index contributed by atoms with van der Waals surface area (Å²) in [5.41, 5.74) is 8.41. The summed E-state index contributed by atoms with van der Waals surface area (Å²) in [5.74, 6) is 0.0996. The van der Waals surface area contributed by atoms with Crippen LogP contribution in [0.2, 0.25) is 0 Å². The molecule has 3 aromatic rings. The van der Waals surface area contributed by atoms with Crippen LogP contribution in [0.15, 0.2) is 69.9 Å². The number of nitrogens with zero attached hydrogens (tertiary/aromatic N) is 3. The number of aromatic hydroxyl groups is 1. The predicted molar refractivity (Wildman–Crippen MR) is 192 cm³/mol. The molecule has 48 heavy (non-hydrogen) atoms. The highest BCUT2D eigenvalue weighted by molar-refractivity contribution is 9.11. The number of methoxy groups -OCH3 is 1. The lowest BCUT2D eigenvalue weighted by molar-refractivity contribution is -0.137. The second-order valence-corrected chi connectivity index (χ2v) is 13.2. The highest BCUT2D eigenvalue weighted by Crippen LogP contribution is 2.33. The number of anilines is 1. The van der Waals surface area contributed by atoms with Crippen LogP contribution in [0.1, 0.15) is 30.4 Å². The molecule has 1 aromatic heterocycles. The first-order valence-electron chi connectivity index (χ1n) is 16.0. The van der Waals surface area contributed by atoms with Gasteiger partial charge in [0, 0.05) is 57.2 Å². The number of pyridine rings is 1. The Morgan fingerprint density at radius 2 is 1.67 bits per heavy atom. The number of carbonyl (C=O) groups is 3. The van der Waals surface area contributed by atoms with Crippen LogP contribution in [-0.4, -0.2) is 91.3 Å². The van der Waals surface area contributed by atoms with Gasteiger partial charge in [-0.15, -0.1) is 0 Å². The summed E-state index contributed by atoms with van der Waals surface area (Å²) in [6.07, 6.45) is 5.91. The van der Waals surface area contributed by atoms with Crippen LogP contribution in [-0.2, 0) is 22.4 Å². The molecule has 258 valence electrons. The summed E-state index contributed by atoms with van der Waals surface area (Å²) in [4.78, 5) is 48.9. The molecule has 2 heterocycles. The molecule has 1 saturated heterocycles. The van der Waals surface area contributed by atoms with Crippen LogP contribution >= 0.6 is 31.9 Å². The molecular formula is C34H43Br2N7O5. The van der Waals surface area contributed by atoms with Crippen molar-refractivity contribution in [3.63, 3.8) is 0 Å². The first-order valence-corrected chi connectivity index (χ1v) is 17.6. The Morgan fingerprint density at radius 3 is 2.33 bits per heavy atom. The summed E-state index contributed by atoms with van der Waals surface area (Å²) in [6.45, 7) is 3.12. The van der Waals surface area contributed by atoms with Crippen LogP contribution in [0, 0.1) is 0 Å². The van der Waals surface area contributed by atoms with E-state index in [9.17, 15) is 19.5 Å². The molecule has 1 aliphatic heterocycles. The van der Waals surface area contributed by atoms with Crippen molar-refractivity contribution >= 4 is 55.4 Å². The number of hydrogen-bond acceptors (Lipinski definition) is 8. The molecule has 0 spiro atoms. The number of aromatic nitrogens is 1. The van der Waals surface area contributed by atoms with E-state index in [1.165, 1.54) is 0 Å². The molecule has 2 aromatic carbocycles. The quantitative estimate of drug-likeness (QED) is 0.146. The van der Waals surface area contributed by atoms with Gasteiger partial charge in [-0.25, -0.2) is 4.79 Å². The van der Waals surface area contributed by atoms with E-state index in [0.717, 1.165) is 17.0 Å². The molecule has 0 radical (unpaired) electrons. The number of urea groups is 1. The molecule has 0 saturated carbocycles. The largest absolute Gasteiger partial charge is 0.506 e. The zero-order valence-corrected chi connectivity index (χ0v) is 30.1. The average Bonchev–Trinajstić information content (AvgIpc) is 3.10. The van der Waals surface area contributed by atoms with E-state index in [2.05, 4.69) is 57.7 Å². The molecule has 6 N–H and O–H groups in total. The lowest BCUT2D eigenvalue weighted by atomic mass is 10.0. The Kier molecular flexibility index (Phi) is 14.3. The topological polar surface area (TPSA) is 162 Å². The van der Waals surface area contributed by atoms with Crippen molar-refractivity contribution in [1.29, 1.82) is 0 Å². The third-order valence-electron chi connectivity index (χ3n) is 8.19. The van der Waals surface area contributed by atoms with Gasteiger partial charge in [0.15, 0.2) is 0 Å². The van der Waals surface area contributed by atoms with E-state index in [4.69, 9.17) is 10.5 Å². The Morgan fingerprint density at radius 1 is 0.979 bits per heavy atom. The van der Waals surface area contributed by atoms with E-state index in [1.54, 1.807) is 36.5 Å². The standard InChI is InChI=1S/C34H43Br2N7O5/c1-48-30-8-3-2-6-24(30)9-15-39-34(47)41-29(22-23-20-26(35)31(44)27(36)21-23)32(45)40-28(7-4-5-12-37)33(46)43-18-16-42(17-19-43)25-10-13-38-14-11-25/h2-3,6,8,10-11,13-14,20-21,28-29,44H,4-5,7,9,12,15-19,22,37H2,1H3,(H,40,45)(H2,39,41,47)/t28-,29+/m1/s1. The van der Waals surface area contributed by atoms with Crippen molar-refractivity contribution in [2.24, 2.45) is 5.73 Å². The number of piperazine rings is 1. The molecule has 12 nitrogen and oxygen atoms in total. The molecule has 0 bridgehead atoms. The minimum Gasteiger partial charge on any atom is -0.506 e. The predicted octanol–water partition coefficient (Wildman–Crippen LogP) is 3.74. The van der Waals surface area contributed by atoms with Crippen LogP contribution in [0.3, 0.4) is 0 Å². The monoisotopic (exact) mass is 787 g/mol. The second-order valence-electron chi connectivity index (χ2n) is 11.5. The van der Waals surface area contributed by atoms with Gasteiger partial charge in [0.2, 0.25) is 11.8 Å². The molecule has 4 rings (SSSR count). The number of phenolic OH excluding ortho intramolecular Hbond substituents is 1. The fraction of sp³-hybridized carbons (Fsp3) is 0.412. The summed E-state index contributed by atoms with van der Waals surface area (Å²) < 4.78 is 6.28. The van der Waals surface area contributed by atoms with Gasteiger partial charge in [-0.1, -0.05) is 18.2 Å². The number of amides is 4. The van der Waals surface area contributed by atoms with Crippen molar-refractivity contribution in [1.82, 2.24) is 25.8 Å². The van der Waals surface area contributed by atoms with Gasteiger partial charge < -0.3 is 41.3 Å². The van der Waals surface area contributed by atoms with Gasteiger partial charge in [-0.05, 0) is 106 Å². The van der Waals surface area contributed by atoms with Gasteiger partial charge >= 0.3 is 6.03 Å². The first kappa shape index (κ1) is 36.9. The number of para-hydroxylation sites is 1. The maximum absolute atomic E-state index is 13.9. The average molecular weight is 790 g/mol. The fourth-order valence-electron chi connectivity index (χ4n) is 5.59. The van der Waals surface area contributed by atoms with Crippen LogP contribution in [0.5, 0.6) is 11.5 Å². The molecule has 1 fully saturated rings. The number of nitrogens with one attached hydrogen (secondary N) is 3.